The van der Waals surface area contributed by atoms with Crippen LogP contribution in [-0.2, 0) is 4.74 Å². The van der Waals surface area contributed by atoms with Crippen LogP contribution in [0.15, 0.2) is 18.2 Å². The molecule has 23 heavy (non-hydrogen) atoms. The van der Waals surface area contributed by atoms with Gasteiger partial charge in [-0.15, -0.1) is 0 Å². The van der Waals surface area contributed by atoms with Gasteiger partial charge in [-0.2, -0.15) is 0 Å². The fourth-order valence-electron chi connectivity index (χ4n) is 3.26. The molecule has 5 nitrogen and oxygen atoms in total. The molecule has 0 aliphatic heterocycles. The van der Waals surface area contributed by atoms with Gasteiger partial charge in [0.1, 0.15) is 11.4 Å². The van der Waals surface area contributed by atoms with Gasteiger partial charge in [-0.1, -0.05) is 19.9 Å². The summed E-state index contributed by atoms with van der Waals surface area (Å²) in [4.78, 5) is 11.9. The van der Waals surface area contributed by atoms with Crippen LogP contribution in [0.25, 0.3) is 0 Å². The molecular formula is C18H28N2O3. The quantitative estimate of drug-likeness (QED) is 0.886. The zero-order chi connectivity index (χ0) is 17.4. The first-order valence-electron chi connectivity index (χ1n) is 7.98. The normalized spacial score (nSPS) is 22.4. The van der Waals surface area contributed by atoms with Crippen molar-refractivity contribution in [1.29, 1.82) is 0 Å². The van der Waals surface area contributed by atoms with Crippen molar-refractivity contribution in [2.24, 2.45) is 17.1 Å². The Kier molecular flexibility index (Phi) is 4.62. The van der Waals surface area contributed by atoms with Crippen molar-refractivity contribution < 1.29 is 14.3 Å². The van der Waals surface area contributed by atoms with Crippen molar-refractivity contribution in [3.8, 4) is 5.75 Å². The summed E-state index contributed by atoms with van der Waals surface area (Å²) in [6, 6.07) is 5.87. The monoisotopic (exact) mass is 320 g/mol. The van der Waals surface area contributed by atoms with E-state index in [2.05, 4.69) is 19.2 Å². The van der Waals surface area contributed by atoms with Crippen molar-refractivity contribution in [2.45, 2.75) is 46.1 Å². The number of benzene rings is 1. The maximum atomic E-state index is 11.9. The number of hydrogen-bond donors (Lipinski definition) is 2. The maximum absolute atomic E-state index is 11.9. The summed E-state index contributed by atoms with van der Waals surface area (Å²) in [5.41, 5.74) is 7.32. The minimum absolute atomic E-state index is 0.208. The fraction of sp³-hybridized carbons (Fsp3) is 0.611. The average Bonchev–Trinajstić information content (AvgIpc) is 2.98. The fourth-order valence-corrected chi connectivity index (χ4v) is 3.26. The highest BCUT2D eigenvalue weighted by Gasteiger charge is 2.57. The van der Waals surface area contributed by atoms with Crippen molar-refractivity contribution in [2.75, 3.05) is 19.0 Å². The Morgan fingerprint density at radius 2 is 2.00 bits per heavy atom. The molecule has 0 aromatic heterocycles. The molecule has 1 aromatic carbocycles. The van der Waals surface area contributed by atoms with Gasteiger partial charge in [0.2, 0.25) is 0 Å². The standard InChI is InChI=1S/C18H28N2O3/c1-17(2,3)23-16(21)20-13-8-7-11(9-14(13)22-6)15-12(10-19)18(15,4)5/h7-9,12,15H,10,19H2,1-6H3,(H,20,21)/t12-,15-/m0/s1. The maximum Gasteiger partial charge on any atom is 0.412 e. The smallest absolute Gasteiger partial charge is 0.412 e. The number of anilines is 1. The molecule has 1 saturated carbocycles. The summed E-state index contributed by atoms with van der Waals surface area (Å²) in [5, 5.41) is 2.74. The van der Waals surface area contributed by atoms with Gasteiger partial charge in [0.05, 0.1) is 12.8 Å². The lowest BCUT2D eigenvalue weighted by Gasteiger charge is -2.20. The molecule has 0 saturated heterocycles. The second-order valence-electron chi connectivity index (χ2n) is 7.73. The molecule has 1 fully saturated rings. The summed E-state index contributed by atoms with van der Waals surface area (Å²) in [6.45, 7) is 10.6. The van der Waals surface area contributed by atoms with E-state index in [0.29, 0.717) is 29.8 Å². The Bertz CT molecular complexity index is 590. The molecule has 1 amide bonds. The molecule has 128 valence electrons. The number of methoxy groups -OCH3 is 1. The molecule has 0 bridgehead atoms. The number of carbonyl (C=O) groups excluding carboxylic acids is 1. The number of hydrogen-bond acceptors (Lipinski definition) is 4. The van der Waals surface area contributed by atoms with E-state index in [1.165, 1.54) is 5.56 Å². The van der Waals surface area contributed by atoms with Crippen molar-refractivity contribution in [3.05, 3.63) is 23.8 Å². The molecular weight excluding hydrogens is 292 g/mol. The SMILES string of the molecule is COc1cc([C@H]2[C@H](CN)C2(C)C)ccc1NC(=O)OC(C)(C)C. The molecule has 2 rings (SSSR count). The average molecular weight is 320 g/mol. The highest BCUT2D eigenvalue weighted by Crippen LogP contribution is 2.64. The van der Waals surface area contributed by atoms with Crippen LogP contribution >= 0.6 is 0 Å². The van der Waals surface area contributed by atoms with Crippen LogP contribution in [-0.4, -0.2) is 25.3 Å². The zero-order valence-electron chi connectivity index (χ0n) is 14.9. The predicted molar refractivity (Wildman–Crippen MR) is 91.9 cm³/mol. The Morgan fingerprint density at radius 1 is 1.35 bits per heavy atom. The van der Waals surface area contributed by atoms with Crippen LogP contribution in [0.1, 0.15) is 46.1 Å². The van der Waals surface area contributed by atoms with Crippen LogP contribution in [0, 0.1) is 11.3 Å². The minimum atomic E-state index is -0.538. The molecule has 0 spiro atoms. The van der Waals surface area contributed by atoms with E-state index in [4.69, 9.17) is 15.2 Å². The van der Waals surface area contributed by atoms with Gasteiger partial charge >= 0.3 is 6.09 Å². The van der Waals surface area contributed by atoms with E-state index >= 15 is 0 Å². The third-order valence-corrected chi connectivity index (χ3v) is 4.52. The lowest BCUT2D eigenvalue weighted by molar-refractivity contribution is 0.0635. The number of amides is 1. The summed E-state index contributed by atoms with van der Waals surface area (Å²) in [6.07, 6.45) is -0.491. The summed E-state index contributed by atoms with van der Waals surface area (Å²) < 4.78 is 10.7. The molecule has 2 atom stereocenters. The molecule has 0 unspecified atom stereocenters. The van der Waals surface area contributed by atoms with Crippen LogP contribution < -0.4 is 15.8 Å². The summed E-state index contributed by atoms with van der Waals surface area (Å²) in [7, 11) is 1.60. The Balaban J connectivity index is 2.16. The number of nitrogens with one attached hydrogen (secondary N) is 1. The van der Waals surface area contributed by atoms with Crippen LogP contribution in [0.2, 0.25) is 0 Å². The van der Waals surface area contributed by atoms with E-state index in [1.54, 1.807) is 7.11 Å². The van der Waals surface area contributed by atoms with Crippen LogP contribution in [0.5, 0.6) is 5.75 Å². The molecule has 0 heterocycles. The van der Waals surface area contributed by atoms with Gasteiger partial charge in [0, 0.05) is 0 Å². The lowest BCUT2D eigenvalue weighted by Crippen LogP contribution is -2.27. The summed E-state index contributed by atoms with van der Waals surface area (Å²) >= 11 is 0. The Hall–Kier alpha value is -1.75. The molecule has 1 aromatic rings. The first kappa shape index (κ1) is 17.6. The van der Waals surface area contributed by atoms with Crippen LogP contribution in [0.3, 0.4) is 0 Å². The van der Waals surface area contributed by atoms with E-state index in [0.717, 1.165) is 0 Å². The van der Waals surface area contributed by atoms with Gasteiger partial charge in [-0.25, -0.2) is 4.79 Å². The minimum Gasteiger partial charge on any atom is -0.495 e. The topological polar surface area (TPSA) is 73.6 Å². The number of rotatable bonds is 4. The van der Waals surface area contributed by atoms with E-state index in [-0.39, 0.29) is 5.41 Å². The number of nitrogens with two attached hydrogens (primary N) is 1. The first-order chi connectivity index (χ1) is 10.6. The van der Waals surface area contributed by atoms with Crippen LogP contribution in [0.4, 0.5) is 10.5 Å². The number of ether oxygens (including phenoxy) is 2. The molecule has 1 aliphatic rings. The zero-order valence-corrected chi connectivity index (χ0v) is 14.9. The first-order valence-corrected chi connectivity index (χ1v) is 7.98. The van der Waals surface area contributed by atoms with Crippen molar-refractivity contribution in [1.82, 2.24) is 0 Å². The highest BCUT2D eigenvalue weighted by atomic mass is 16.6. The van der Waals surface area contributed by atoms with Gasteiger partial charge < -0.3 is 15.2 Å². The van der Waals surface area contributed by atoms with E-state index < -0.39 is 11.7 Å². The van der Waals surface area contributed by atoms with E-state index in [9.17, 15) is 4.79 Å². The number of carbonyl (C=O) groups is 1. The van der Waals surface area contributed by atoms with Gasteiger partial charge in [0.15, 0.2) is 0 Å². The molecule has 5 heteroatoms. The third-order valence-electron chi connectivity index (χ3n) is 4.52. The third kappa shape index (κ3) is 3.78. The van der Waals surface area contributed by atoms with Gasteiger partial charge in [-0.3, -0.25) is 5.32 Å². The predicted octanol–water partition coefficient (Wildman–Crippen LogP) is 3.74. The Morgan fingerprint density at radius 3 is 2.48 bits per heavy atom. The second kappa shape index (κ2) is 6.04. The van der Waals surface area contributed by atoms with Gasteiger partial charge in [-0.05, 0) is 62.3 Å². The summed E-state index contributed by atoms with van der Waals surface area (Å²) in [5.74, 6) is 1.54. The largest absolute Gasteiger partial charge is 0.495 e. The molecule has 0 radical (unpaired) electrons. The Labute approximate surface area is 138 Å². The lowest BCUT2D eigenvalue weighted by atomic mass is 10.0. The second-order valence-corrected chi connectivity index (χ2v) is 7.73. The molecule has 1 aliphatic carbocycles. The van der Waals surface area contributed by atoms with E-state index in [1.807, 2.05) is 39.0 Å². The van der Waals surface area contributed by atoms with Gasteiger partial charge in [0.25, 0.3) is 0 Å². The van der Waals surface area contributed by atoms with Crippen molar-refractivity contribution >= 4 is 11.8 Å². The van der Waals surface area contributed by atoms with Crippen molar-refractivity contribution in [3.63, 3.8) is 0 Å². The highest BCUT2D eigenvalue weighted by molar-refractivity contribution is 5.87. The molecule has 3 N–H and O–H groups in total.